The summed E-state index contributed by atoms with van der Waals surface area (Å²) < 4.78 is 7.74. The Morgan fingerprint density at radius 1 is 1.29 bits per heavy atom. The van der Waals surface area contributed by atoms with Crippen LogP contribution in [0, 0.1) is 0 Å². The summed E-state index contributed by atoms with van der Waals surface area (Å²) in [5.41, 5.74) is 0.829. The molecular formula is C23H23ClN6O4. The molecule has 0 aliphatic heterocycles. The Morgan fingerprint density at radius 2 is 2.06 bits per heavy atom. The summed E-state index contributed by atoms with van der Waals surface area (Å²) in [6, 6.07) is 7.42. The van der Waals surface area contributed by atoms with Gasteiger partial charge in [-0.1, -0.05) is 41.9 Å². The second kappa shape index (κ2) is 9.52. The van der Waals surface area contributed by atoms with Crippen LogP contribution in [0.4, 0.5) is 5.69 Å². The maximum Gasteiger partial charge on any atom is 0.296 e. The van der Waals surface area contributed by atoms with Gasteiger partial charge in [-0.15, -0.1) is 0 Å². The summed E-state index contributed by atoms with van der Waals surface area (Å²) in [5.74, 6) is -1.96. The number of amides is 1. The molecule has 176 valence electrons. The molecule has 3 heterocycles. The van der Waals surface area contributed by atoms with Crippen molar-refractivity contribution in [3.05, 3.63) is 87.1 Å². The summed E-state index contributed by atoms with van der Waals surface area (Å²) in [6.45, 7) is 4.56. The number of hydrogen-bond acceptors (Lipinski definition) is 7. The molecule has 11 heteroatoms. The normalized spacial score (nSPS) is 12.9. The molecule has 4 rings (SSSR count). The summed E-state index contributed by atoms with van der Waals surface area (Å²) in [6.07, 6.45) is 6.19. The Labute approximate surface area is 199 Å². The number of nitrogens with zero attached hydrogens (tertiary/aromatic N) is 5. The van der Waals surface area contributed by atoms with Gasteiger partial charge < -0.3 is 14.9 Å². The number of hydrogen-bond donors (Lipinski definition) is 2. The van der Waals surface area contributed by atoms with Crippen molar-refractivity contribution in [1.82, 2.24) is 24.5 Å². The zero-order valence-corrected chi connectivity index (χ0v) is 19.5. The Kier molecular flexibility index (Phi) is 6.51. The predicted molar refractivity (Wildman–Crippen MR) is 125 cm³/mol. The quantitative estimate of drug-likeness (QED) is 0.412. The molecule has 0 spiro atoms. The van der Waals surface area contributed by atoms with Gasteiger partial charge in [-0.25, -0.2) is 4.98 Å². The lowest BCUT2D eigenvalue weighted by Gasteiger charge is -2.26. The molecule has 0 aliphatic carbocycles. The summed E-state index contributed by atoms with van der Waals surface area (Å²) in [4.78, 5) is 30.1. The third-order valence-electron chi connectivity index (χ3n) is 5.69. The van der Waals surface area contributed by atoms with Gasteiger partial charge in [0.15, 0.2) is 5.69 Å². The molecule has 0 aliphatic rings. The van der Waals surface area contributed by atoms with Gasteiger partial charge in [0.25, 0.3) is 11.5 Å². The van der Waals surface area contributed by atoms with E-state index in [1.807, 2.05) is 38.2 Å². The lowest BCUT2D eigenvalue weighted by Crippen LogP contribution is -2.29. The van der Waals surface area contributed by atoms with Crippen LogP contribution in [0.15, 0.2) is 58.4 Å². The molecule has 0 radical (unpaired) electrons. The van der Waals surface area contributed by atoms with E-state index in [1.54, 1.807) is 16.9 Å². The zero-order chi connectivity index (χ0) is 24.4. The molecule has 34 heavy (non-hydrogen) atoms. The number of nitrogens with one attached hydrogen (secondary N) is 1. The Morgan fingerprint density at radius 3 is 2.71 bits per heavy atom. The number of anilines is 1. The van der Waals surface area contributed by atoms with Gasteiger partial charge in [0.2, 0.25) is 5.75 Å². The van der Waals surface area contributed by atoms with E-state index in [0.717, 1.165) is 11.1 Å². The number of halogens is 1. The highest BCUT2D eigenvalue weighted by Gasteiger charge is 2.31. The lowest BCUT2D eigenvalue weighted by atomic mass is 9.82. The highest BCUT2D eigenvalue weighted by atomic mass is 35.5. The number of rotatable bonds is 7. The first-order valence-corrected chi connectivity index (χ1v) is 11.0. The fraction of sp³-hybridized carbons (Fsp3) is 0.261. The van der Waals surface area contributed by atoms with Crippen molar-refractivity contribution >= 4 is 23.2 Å². The molecule has 3 aromatic heterocycles. The van der Waals surface area contributed by atoms with E-state index in [2.05, 4.69) is 20.6 Å². The molecule has 0 fully saturated rings. The van der Waals surface area contributed by atoms with Crippen LogP contribution in [0.1, 0.15) is 53.1 Å². The lowest BCUT2D eigenvalue weighted by molar-refractivity contribution is 0.101. The highest BCUT2D eigenvalue weighted by Crippen LogP contribution is 2.40. The largest absolute Gasteiger partial charge is 0.501 e. The van der Waals surface area contributed by atoms with Gasteiger partial charge in [-0.2, -0.15) is 5.10 Å². The molecular weight excluding hydrogens is 460 g/mol. The van der Waals surface area contributed by atoms with E-state index in [9.17, 15) is 14.7 Å². The minimum atomic E-state index is -0.764. The highest BCUT2D eigenvalue weighted by molar-refractivity contribution is 6.31. The van der Waals surface area contributed by atoms with E-state index in [4.69, 9.17) is 16.1 Å². The molecule has 0 saturated carbocycles. The van der Waals surface area contributed by atoms with Crippen molar-refractivity contribution in [2.75, 3.05) is 5.32 Å². The molecule has 1 aromatic carbocycles. The number of carbonyl (C=O) groups excluding carboxylic acids is 1. The summed E-state index contributed by atoms with van der Waals surface area (Å²) in [7, 11) is 1.50. The van der Waals surface area contributed by atoms with Gasteiger partial charge in [0.1, 0.15) is 17.8 Å². The Balaban J connectivity index is 1.83. The van der Waals surface area contributed by atoms with Crippen molar-refractivity contribution in [2.24, 2.45) is 7.05 Å². The molecule has 10 nitrogen and oxygen atoms in total. The molecule has 2 unspecified atom stereocenters. The van der Waals surface area contributed by atoms with E-state index < -0.39 is 28.8 Å². The van der Waals surface area contributed by atoms with E-state index in [0.29, 0.717) is 17.4 Å². The standard InChI is InChI=1S/C23H23ClN6O4/c1-4-30-11-14(9-25-30)18(16-7-5-6-8-17(16)24)13(2)21-28-19(20(31)23(33)29(21)3)22(32)27-15-10-26-34-12-15/h5-13,18,31H,4H2,1-3H3,(H,27,32). The smallest absolute Gasteiger partial charge is 0.296 e. The number of carbonyl (C=O) groups is 1. The van der Waals surface area contributed by atoms with Crippen LogP contribution in [0.2, 0.25) is 5.02 Å². The average molecular weight is 483 g/mol. The maximum atomic E-state index is 12.9. The first-order valence-electron chi connectivity index (χ1n) is 10.6. The molecule has 0 bridgehead atoms. The number of aromatic nitrogens is 5. The van der Waals surface area contributed by atoms with Crippen LogP contribution in [0.25, 0.3) is 0 Å². The van der Waals surface area contributed by atoms with Crippen LogP contribution in [-0.4, -0.2) is 35.5 Å². The van der Waals surface area contributed by atoms with Gasteiger partial charge in [-0.05, 0) is 24.1 Å². The van der Waals surface area contributed by atoms with Crippen LogP contribution in [0.5, 0.6) is 5.75 Å². The second-order valence-corrected chi connectivity index (χ2v) is 8.22. The zero-order valence-electron chi connectivity index (χ0n) is 18.8. The third kappa shape index (κ3) is 4.32. The number of aromatic hydroxyl groups is 1. The van der Waals surface area contributed by atoms with Gasteiger partial charge in [0.05, 0.1) is 12.4 Å². The molecule has 2 atom stereocenters. The summed E-state index contributed by atoms with van der Waals surface area (Å²) >= 11 is 6.56. The third-order valence-corrected chi connectivity index (χ3v) is 6.03. The van der Waals surface area contributed by atoms with Gasteiger partial charge in [0, 0.05) is 36.6 Å². The minimum Gasteiger partial charge on any atom is -0.501 e. The van der Waals surface area contributed by atoms with Crippen LogP contribution >= 0.6 is 11.6 Å². The monoisotopic (exact) mass is 482 g/mol. The van der Waals surface area contributed by atoms with Crippen LogP contribution in [-0.2, 0) is 13.6 Å². The first kappa shape index (κ1) is 23.2. The van der Waals surface area contributed by atoms with Gasteiger partial charge >= 0.3 is 0 Å². The predicted octanol–water partition coefficient (Wildman–Crippen LogP) is 3.53. The molecule has 4 aromatic rings. The fourth-order valence-corrected chi connectivity index (χ4v) is 4.21. The van der Waals surface area contributed by atoms with Crippen molar-refractivity contribution in [3.8, 4) is 5.75 Å². The minimum absolute atomic E-state index is 0.266. The SMILES string of the molecule is CCn1cc(C(c2ccccc2Cl)C(C)c2nc(C(=O)Nc3cnoc3)c(O)c(=O)n2C)cn1. The summed E-state index contributed by atoms with van der Waals surface area (Å²) in [5, 5.41) is 21.4. The van der Waals surface area contributed by atoms with E-state index in [1.165, 1.54) is 24.1 Å². The first-order chi connectivity index (χ1) is 16.3. The van der Waals surface area contributed by atoms with Crippen molar-refractivity contribution in [1.29, 1.82) is 0 Å². The second-order valence-electron chi connectivity index (χ2n) is 7.82. The average Bonchev–Trinajstić information content (AvgIpc) is 3.51. The molecule has 0 saturated heterocycles. The van der Waals surface area contributed by atoms with E-state index >= 15 is 0 Å². The molecule has 2 N–H and O–H groups in total. The Hall–Kier alpha value is -3.92. The maximum absolute atomic E-state index is 12.9. The van der Waals surface area contributed by atoms with E-state index in [-0.39, 0.29) is 11.6 Å². The Bertz CT molecular complexity index is 1380. The van der Waals surface area contributed by atoms with Crippen molar-refractivity contribution < 1.29 is 14.4 Å². The number of aryl methyl sites for hydroxylation is 1. The van der Waals surface area contributed by atoms with Crippen molar-refractivity contribution in [3.63, 3.8) is 0 Å². The topological polar surface area (TPSA) is 128 Å². The van der Waals surface area contributed by atoms with Crippen LogP contribution in [0.3, 0.4) is 0 Å². The van der Waals surface area contributed by atoms with Crippen molar-refractivity contribution in [2.45, 2.75) is 32.2 Å². The fourth-order valence-electron chi connectivity index (χ4n) is 3.96. The van der Waals surface area contributed by atoms with Gasteiger partial charge in [-0.3, -0.25) is 18.8 Å². The number of benzene rings is 1. The molecule has 1 amide bonds. The van der Waals surface area contributed by atoms with Crippen LogP contribution < -0.4 is 10.9 Å².